The molecule has 4 heteroatoms. The van der Waals surface area contributed by atoms with E-state index >= 15 is 0 Å². The third kappa shape index (κ3) is 2.90. The number of aromatic nitrogens is 1. The Hall–Kier alpha value is -2.38. The first-order chi connectivity index (χ1) is 9.26. The van der Waals surface area contributed by atoms with E-state index in [0.29, 0.717) is 17.9 Å². The van der Waals surface area contributed by atoms with Crippen molar-refractivity contribution in [3.63, 3.8) is 0 Å². The zero-order valence-corrected chi connectivity index (χ0v) is 10.7. The number of nitrogens with one attached hydrogen (secondary N) is 1. The number of nitrogens with zero attached hydrogens (tertiary/aromatic N) is 2. The van der Waals surface area contributed by atoms with E-state index in [1.807, 2.05) is 43.3 Å². The largest absolute Gasteiger partial charge is 0.395 e. The topological polar surface area (TPSA) is 68.9 Å². The molecule has 2 N–H and O–H groups in total. The molecule has 0 aliphatic carbocycles. The van der Waals surface area contributed by atoms with Crippen LogP contribution in [0.2, 0.25) is 0 Å². The zero-order chi connectivity index (χ0) is 13.7. The maximum atomic E-state index is 9.19. The highest BCUT2D eigenvalue weighted by Gasteiger charge is 2.10. The van der Waals surface area contributed by atoms with Crippen LogP contribution in [0.1, 0.15) is 11.3 Å². The Morgan fingerprint density at radius 3 is 2.68 bits per heavy atom. The Kier molecular flexibility index (Phi) is 4.11. The number of aryl methyl sites for hydroxylation is 1. The van der Waals surface area contributed by atoms with Crippen LogP contribution in [0, 0.1) is 18.3 Å². The summed E-state index contributed by atoms with van der Waals surface area (Å²) < 4.78 is 0. The summed E-state index contributed by atoms with van der Waals surface area (Å²) in [7, 11) is 0. The Bertz CT molecular complexity index is 603. The third-order valence-electron chi connectivity index (χ3n) is 2.82. The molecule has 0 fully saturated rings. The average Bonchev–Trinajstić information content (AvgIpc) is 2.46. The summed E-state index contributed by atoms with van der Waals surface area (Å²) >= 11 is 0. The number of benzene rings is 1. The quantitative estimate of drug-likeness (QED) is 0.877. The van der Waals surface area contributed by atoms with Gasteiger partial charge in [0.25, 0.3) is 0 Å². The predicted octanol–water partition coefficient (Wildman–Crippen LogP) is 2.33. The summed E-state index contributed by atoms with van der Waals surface area (Å²) in [6.45, 7) is 2.30. The molecule has 1 aromatic carbocycles. The molecule has 4 nitrogen and oxygen atoms in total. The van der Waals surface area contributed by atoms with Crippen LogP contribution in [0.4, 0.5) is 5.82 Å². The number of aliphatic hydroxyl groups is 1. The van der Waals surface area contributed by atoms with E-state index in [-0.39, 0.29) is 6.61 Å². The molecule has 0 spiro atoms. The van der Waals surface area contributed by atoms with Gasteiger partial charge in [0, 0.05) is 17.8 Å². The SMILES string of the molecule is Cc1nc(NCCO)c(C#N)cc1-c1ccccc1. The van der Waals surface area contributed by atoms with E-state index in [0.717, 1.165) is 16.8 Å². The van der Waals surface area contributed by atoms with E-state index in [1.54, 1.807) is 0 Å². The summed E-state index contributed by atoms with van der Waals surface area (Å²) in [4.78, 5) is 4.41. The summed E-state index contributed by atoms with van der Waals surface area (Å²) in [5.74, 6) is 0.522. The lowest BCUT2D eigenvalue weighted by molar-refractivity contribution is 0.311. The minimum atomic E-state index is 0.00599. The van der Waals surface area contributed by atoms with Crippen molar-refractivity contribution >= 4 is 5.82 Å². The molecule has 0 saturated heterocycles. The Morgan fingerprint density at radius 2 is 2.05 bits per heavy atom. The summed E-state index contributed by atoms with van der Waals surface area (Å²) in [6, 6.07) is 13.8. The summed E-state index contributed by atoms with van der Waals surface area (Å²) in [6.07, 6.45) is 0. The van der Waals surface area contributed by atoms with Crippen molar-refractivity contribution in [3.05, 3.63) is 47.7 Å². The fourth-order valence-corrected chi connectivity index (χ4v) is 1.91. The number of hydrogen-bond acceptors (Lipinski definition) is 4. The van der Waals surface area contributed by atoms with Gasteiger partial charge in [0.15, 0.2) is 0 Å². The minimum Gasteiger partial charge on any atom is -0.395 e. The van der Waals surface area contributed by atoms with Crippen molar-refractivity contribution < 1.29 is 5.11 Å². The van der Waals surface area contributed by atoms with Crippen LogP contribution in [-0.4, -0.2) is 23.2 Å². The first kappa shape index (κ1) is 13.1. The Morgan fingerprint density at radius 1 is 1.32 bits per heavy atom. The van der Waals surface area contributed by atoms with Gasteiger partial charge in [-0.2, -0.15) is 5.26 Å². The van der Waals surface area contributed by atoms with E-state index < -0.39 is 0 Å². The first-order valence-corrected chi connectivity index (χ1v) is 6.08. The Balaban J connectivity index is 2.46. The fourth-order valence-electron chi connectivity index (χ4n) is 1.91. The van der Waals surface area contributed by atoms with E-state index in [1.165, 1.54) is 0 Å². The third-order valence-corrected chi connectivity index (χ3v) is 2.82. The molecule has 96 valence electrons. The fraction of sp³-hybridized carbons (Fsp3) is 0.200. The molecule has 0 aliphatic heterocycles. The molecule has 0 unspecified atom stereocenters. The van der Waals surface area contributed by atoms with Crippen molar-refractivity contribution in [1.29, 1.82) is 5.26 Å². The van der Waals surface area contributed by atoms with Crippen LogP contribution in [0.3, 0.4) is 0 Å². The average molecular weight is 253 g/mol. The summed E-state index contributed by atoms with van der Waals surface area (Å²) in [5.41, 5.74) is 3.33. The van der Waals surface area contributed by atoms with Gasteiger partial charge in [-0.3, -0.25) is 0 Å². The van der Waals surface area contributed by atoms with E-state index in [9.17, 15) is 5.26 Å². The van der Waals surface area contributed by atoms with Crippen LogP contribution in [0.25, 0.3) is 11.1 Å². The highest BCUT2D eigenvalue weighted by atomic mass is 16.3. The van der Waals surface area contributed by atoms with Crippen LogP contribution >= 0.6 is 0 Å². The van der Waals surface area contributed by atoms with Crippen molar-refractivity contribution in [3.8, 4) is 17.2 Å². The number of hydrogen-bond donors (Lipinski definition) is 2. The van der Waals surface area contributed by atoms with Gasteiger partial charge in [-0.05, 0) is 18.6 Å². The van der Waals surface area contributed by atoms with Gasteiger partial charge in [0.1, 0.15) is 11.9 Å². The number of aliphatic hydroxyl groups excluding tert-OH is 1. The van der Waals surface area contributed by atoms with Crippen molar-refractivity contribution in [2.45, 2.75) is 6.92 Å². The molecule has 0 radical (unpaired) electrons. The lowest BCUT2D eigenvalue weighted by atomic mass is 10.0. The molecule has 1 aromatic heterocycles. The van der Waals surface area contributed by atoms with Crippen LogP contribution in [0.5, 0.6) is 0 Å². The molecule has 19 heavy (non-hydrogen) atoms. The predicted molar refractivity (Wildman–Crippen MR) is 74.7 cm³/mol. The number of pyridine rings is 1. The zero-order valence-electron chi connectivity index (χ0n) is 10.7. The molecular weight excluding hydrogens is 238 g/mol. The molecule has 2 aromatic rings. The van der Waals surface area contributed by atoms with Crippen molar-refractivity contribution in [2.75, 3.05) is 18.5 Å². The molecule has 0 aliphatic rings. The highest BCUT2D eigenvalue weighted by molar-refractivity contribution is 5.70. The highest BCUT2D eigenvalue weighted by Crippen LogP contribution is 2.26. The second kappa shape index (κ2) is 5.98. The van der Waals surface area contributed by atoms with Gasteiger partial charge >= 0.3 is 0 Å². The molecule has 0 atom stereocenters. The van der Waals surface area contributed by atoms with Crippen molar-refractivity contribution in [1.82, 2.24) is 4.98 Å². The van der Waals surface area contributed by atoms with Gasteiger partial charge in [-0.15, -0.1) is 0 Å². The van der Waals surface area contributed by atoms with E-state index in [2.05, 4.69) is 16.4 Å². The standard InChI is InChI=1S/C15H15N3O/c1-11-14(12-5-3-2-4-6-12)9-13(10-16)15(18-11)17-7-8-19/h2-6,9,19H,7-8H2,1H3,(H,17,18). The molecular formula is C15H15N3O. The van der Waals surface area contributed by atoms with Crippen LogP contribution < -0.4 is 5.32 Å². The molecule has 2 rings (SSSR count). The van der Waals surface area contributed by atoms with E-state index in [4.69, 9.17) is 5.11 Å². The number of nitriles is 1. The molecule has 0 amide bonds. The number of anilines is 1. The first-order valence-electron chi connectivity index (χ1n) is 6.08. The lowest BCUT2D eigenvalue weighted by Gasteiger charge is -2.11. The monoisotopic (exact) mass is 253 g/mol. The van der Waals surface area contributed by atoms with Crippen LogP contribution in [-0.2, 0) is 0 Å². The maximum absolute atomic E-state index is 9.19. The number of rotatable bonds is 4. The summed E-state index contributed by atoms with van der Waals surface area (Å²) in [5, 5.41) is 21.0. The molecule has 1 heterocycles. The maximum Gasteiger partial charge on any atom is 0.144 e. The van der Waals surface area contributed by atoms with Gasteiger partial charge in [0.05, 0.1) is 12.2 Å². The molecule has 0 saturated carbocycles. The smallest absolute Gasteiger partial charge is 0.144 e. The second-order valence-electron chi connectivity index (χ2n) is 4.15. The normalized spacial score (nSPS) is 9.95. The Labute approximate surface area is 112 Å². The second-order valence-corrected chi connectivity index (χ2v) is 4.15. The van der Waals surface area contributed by atoms with Gasteiger partial charge in [-0.25, -0.2) is 4.98 Å². The van der Waals surface area contributed by atoms with Crippen molar-refractivity contribution in [2.24, 2.45) is 0 Å². The minimum absolute atomic E-state index is 0.00599. The van der Waals surface area contributed by atoms with Gasteiger partial charge < -0.3 is 10.4 Å². The molecule has 0 bridgehead atoms. The lowest BCUT2D eigenvalue weighted by Crippen LogP contribution is -2.09. The van der Waals surface area contributed by atoms with Gasteiger partial charge in [0.2, 0.25) is 0 Å². The van der Waals surface area contributed by atoms with Gasteiger partial charge in [-0.1, -0.05) is 30.3 Å². The van der Waals surface area contributed by atoms with Crippen LogP contribution in [0.15, 0.2) is 36.4 Å².